The van der Waals surface area contributed by atoms with E-state index in [1.165, 1.54) is 0 Å². The Morgan fingerprint density at radius 2 is 2.00 bits per heavy atom. The van der Waals surface area contributed by atoms with Gasteiger partial charge in [0.25, 0.3) is 0 Å². The molecule has 0 aliphatic heterocycles. The molecule has 1 rings (SSSR count). The van der Waals surface area contributed by atoms with Crippen molar-refractivity contribution in [2.45, 2.75) is 47.2 Å². The molecule has 0 aliphatic carbocycles. The number of nitrogens with zero attached hydrogens (tertiary/aromatic N) is 2. The molecule has 0 radical (unpaired) electrons. The molecule has 118 valence electrons. The van der Waals surface area contributed by atoms with Crippen molar-refractivity contribution in [2.24, 2.45) is 5.41 Å². The predicted molar refractivity (Wildman–Crippen MR) is 82.7 cm³/mol. The molecule has 1 aromatic heterocycles. The molecule has 1 unspecified atom stereocenters. The summed E-state index contributed by atoms with van der Waals surface area (Å²) in [7, 11) is 1.75. The molecule has 0 fully saturated rings. The summed E-state index contributed by atoms with van der Waals surface area (Å²) in [6.45, 7) is 10.1. The normalized spacial score (nSPS) is 12.9. The third-order valence-electron chi connectivity index (χ3n) is 3.58. The maximum absolute atomic E-state index is 12.1. The number of carbonyl (C=O) groups excluding carboxylic acids is 1. The molecule has 21 heavy (non-hydrogen) atoms. The average Bonchev–Trinajstić information content (AvgIpc) is 2.74. The Kier molecular flexibility index (Phi) is 5.33. The number of carbonyl (C=O) groups is 2. The minimum absolute atomic E-state index is 0.0136. The first-order valence-corrected chi connectivity index (χ1v) is 7.56. The van der Waals surface area contributed by atoms with Crippen molar-refractivity contribution in [3.8, 4) is 0 Å². The molecule has 0 bridgehead atoms. The van der Waals surface area contributed by atoms with Crippen LogP contribution in [0, 0.1) is 12.3 Å². The topological polar surface area (TPSA) is 82.5 Å². The molecular formula is C14H23N3O3S. The highest BCUT2D eigenvalue weighted by molar-refractivity contribution is 7.13. The van der Waals surface area contributed by atoms with Gasteiger partial charge in [0.2, 0.25) is 0 Å². The molecule has 7 heteroatoms. The van der Waals surface area contributed by atoms with Crippen LogP contribution in [0.4, 0.5) is 4.79 Å². The second-order valence-corrected chi connectivity index (χ2v) is 7.22. The number of carboxylic acid groups (broad SMARTS) is 1. The van der Waals surface area contributed by atoms with E-state index in [0.29, 0.717) is 10.7 Å². The number of hydrogen-bond acceptors (Lipinski definition) is 4. The smallest absolute Gasteiger partial charge is 0.347 e. The average molecular weight is 313 g/mol. The summed E-state index contributed by atoms with van der Waals surface area (Å²) in [5, 5.41) is 12.3. The van der Waals surface area contributed by atoms with Gasteiger partial charge in [-0.3, -0.25) is 0 Å². The fourth-order valence-corrected chi connectivity index (χ4v) is 2.60. The molecule has 1 heterocycles. The zero-order valence-electron chi connectivity index (χ0n) is 13.4. The number of hydrogen-bond donors (Lipinski definition) is 2. The number of urea groups is 1. The van der Waals surface area contributed by atoms with Gasteiger partial charge >= 0.3 is 12.0 Å². The number of aromatic carboxylic acids is 1. The second kappa shape index (κ2) is 6.43. The van der Waals surface area contributed by atoms with Crippen LogP contribution in [-0.4, -0.2) is 40.1 Å². The lowest BCUT2D eigenvalue weighted by Gasteiger charge is -2.35. The van der Waals surface area contributed by atoms with Gasteiger partial charge in [0.05, 0.1) is 12.2 Å². The minimum atomic E-state index is -0.985. The van der Waals surface area contributed by atoms with Crippen LogP contribution in [0.3, 0.4) is 0 Å². The van der Waals surface area contributed by atoms with Gasteiger partial charge in [-0.1, -0.05) is 20.8 Å². The van der Waals surface area contributed by atoms with Crippen molar-refractivity contribution >= 4 is 23.3 Å². The number of aromatic nitrogens is 1. The summed E-state index contributed by atoms with van der Waals surface area (Å²) in [5.74, 6) is -0.985. The Balaban J connectivity index is 2.65. The maximum atomic E-state index is 12.1. The lowest BCUT2D eigenvalue weighted by molar-refractivity contribution is 0.0701. The predicted octanol–water partition coefficient (Wildman–Crippen LogP) is 2.73. The summed E-state index contributed by atoms with van der Waals surface area (Å²) in [5.41, 5.74) is 0.466. The fourth-order valence-electron chi connectivity index (χ4n) is 1.76. The van der Waals surface area contributed by atoms with E-state index in [1.807, 2.05) is 6.92 Å². The summed E-state index contributed by atoms with van der Waals surface area (Å²) in [4.78, 5) is 29.1. The van der Waals surface area contributed by atoms with Crippen molar-refractivity contribution < 1.29 is 14.7 Å². The standard InChI is InChI=1S/C14H23N3O3S/c1-8-11(12(18)19)21-10(16-8)7-15-13(20)17(6)9(2)14(3,4)5/h9H,7H2,1-6H3,(H,15,20)(H,18,19). The largest absolute Gasteiger partial charge is 0.477 e. The highest BCUT2D eigenvalue weighted by Gasteiger charge is 2.27. The Morgan fingerprint density at radius 1 is 1.43 bits per heavy atom. The number of rotatable bonds is 4. The van der Waals surface area contributed by atoms with Crippen LogP contribution in [0.1, 0.15) is 48.1 Å². The van der Waals surface area contributed by atoms with Gasteiger partial charge in [-0.15, -0.1) is 11.3 Å². The van der Waals surface area contributed by atoms with Gasteiger partial charge in [-0.25, -0.2) is 14.6 Å². The highest BCUT2D eigenvalue weighted by atomic mass is 32.1. The molecule has 1 atom stereocenters. The van der Waals surface area contributed by atoms with Crippen molar-refractivity contribution in [1.82, 2.24) is 15.2 Å². The fraction of sp³-hybridized carbons (Fsp3) is 0.643. The van der Waals surface area contributed by atoms with Gasteiger partial charge in [-0.2, -0.15) is 0 Å². The SMILES string of the molecule is Cc1nc(CNC(=O)N(C)C(C)C(C)(C)C)sc1C(=O)O. The third kappa shape index (κ3) is 4.42. The van der Waals surface area contributed by atoms with E-state index in [1.54, 1.807) is 18.9 Å². The van der Waals surface area contributed by atoms with Crippen molar-refractivity contribution in [1.29, 1.82) is 0 Å². The lowest BCUT2D eigenvalue weighted by atomic mass is 9.87. The Hall–Kier alpha value is -1.63. The van der Waals surface area contributed by atoms with Crippen molar-refractivity contribution in [3.63, 3.8) is 0 Å². The summed E-state index contributed by atoms with van der Waals surface area (Å²) >= 11 is 1.09. The number of thiazole rings is 1. The van der Waals surface area contributed by atoms with Gasteiger partial charge in [-0.05, 0) is 19.3 Å². The summed E-state index contributed by atoms with van der Waals surface area (Å²) < 4.78 is 0. The van der Waals surface area contributed by atoms with Crippen LogP contribution in [-0.2, 0) is 6.54 Å². The van der Waals surface area contributed by atoms with Crippen LogP contribution in [0.5, 0.6) is 0 Å². The van der Waals surface area contributed by atoms with Crippen molar-refractivity contribution in [2.75, 3.05) is 7.05 Å². The van der Waals surface area contributed by atoms with Crippen LogP contribution in [0.25, 0.3) is 0 Å². The van der Waals surface area contributed by atoms with Gasteiger partial charge in [0, 0.05) is 13.1 Å². The molecule has 6 nitrogen and oxygen atoms in total. The second-order valence-electron chi connectivity index (χ2n) is 6.14. The first-order valence-electron chi connectivity index (χ1n) is 6.74. The molecule has 0 aliphatic rings. The highest BCUT2D eigenvalue weighted by Crippen LogP contribution is 2.23. The number of amides is 2. The van der Waals surface area contributed by atoms with Crippen molar-refractivity contribution in [3.05, 3.63) is 15.6 Å². The van der Waals surface area contributed by atoms with Gasteiger partial charge in [0.1, 0.15) is 9.88 Å². The zero-order chi connectivity index (χ0) is 16.4. The zero-order valence-corrected chi connectivity index (χ0v) is 14.2. The van der Waals surface area contributed by atoms with E-state index in [0.717, 1.165) is 11.3 Å². The van der Waals surface area contributed by atoms with Crippen LogP contribution in [0.2, 0.25) is 0 Å². The Labute approximate surface area is 129 Å². The Morgan fingerprint density at radius 3 is 2.43 bits per heavy atom. The molecule has 0 saturated carbocycles. The van der Waals surface area contributed by atoms with E-state index in [-0.39, 0.29) is 28.9 Å². The lowest BCUT2D eigenvalue weighted by Crippen LogP contribution is -2.47. The third-order valence-corrected chi connectivity index (χ3v) is 4.73. The molecule has 0 saturated heterocycles. The van der Waals surface area contributed by atoms with Crippen LogP contribution >= 0.6 is 11.3 Å². The van der Waals surface area contributed by atoms with Gasteiger partial charge < -0.3 is 15.3 Å². The van der Waals surface area contributed by atoms with Crippen LogP contribution < -0.4 is 5.32 Å². The van der Waals surface area contributed by atoms with E-state index in [4.69, 9.17) is 5.11 Å². The molecule has 2 amide bonds. The van der Waals surface area contributed by atoms with E-state index in [9.17, 15) is 9.59 Å². The molecule has 0 spiro atoms. The summed E-state index contributed by atoms with van der Waals surface area (Å²) in [6, 6.07) is -0.118. The molecule has 0 aromatic carbocycles. The van der Waals surface area contributed by atoms with E-state index < -0.39 is 5.97 Å². The summed E-state index contributed by atoms with van der Waals surface area (Å²) in [6.07, 6.45) is 0. The maximum Gasteiger partial charge on any atom is 0.347 e. The van der Waals surface area contributed by atoms with Gasteiger partial charge in [0.15, 0.2) is 0 Å². The molecular weight excluding hydrogens is 290 g/mol. The van der Waals surface area contributed by atoms with E-state index >= 15 is 0 Å². The first-order chi connectivity index (χ1) is 9.54. The number of aryl methyl sites for hydroxylation is 1. The Bertz CT molecular complexity index is 534. The monoisotopic (exact) mass is 313 g/mol. The molecule has 1 aromatic rings. The minimum Gasteiger partial charge on any atom is -0.477 e. The van der Waals surface area contributed by atoms with Crippen LogP contribution in [0.15, 0.2) is 0 Å². The number of nitrogens with one attached hydrogen (secondary N) is 1. The molecule has 2 N–H and O–H groups in total. The quantitative estimate of drug-likeness (QED) is 0.895. The van der Waals surface area contributed by atoms with E-state index in [2.05, 4.69) is 31.1 Å². The number of carboxylic acids is 1. The first kappa shape index (κ1) is 17.4.